The average Bonchev–Trinajstić information content (AvgIpc) is 3.42. The fourth-order valence-electron chi connectivity index (χ4n) is 5.11. The lowest BCUT2D eigenvalue weighted by molar-refractivity contribution is -0.140. The van der Waals surface area contributed by atoms with Gasteiger partial charge < -0.3 is 30.6 Å². The Balaban J connectivity index is 1.38. The molecule has 2 heterocycles. The van der Waals surface area contributed by atoms with Crippen molar-refractivity contribution >= 4 is 22.5 Å². The van der Waals surface area contributed by atoms with E-state index >= 15 is 0 Å². The number of halogens is 3. The number of nitrogens with two attached hydrogens (primary N) is 1. The number of rotatable bonds is 8. The van der Waals surface area contributed by atoms with Gasteiger partial charge in [-0.2, -0.15) is 13.2 Å². The topological polar surface area (TPSA) is 136 Å². The molecule has 4 aromatic rings. The predicted octanol–water partition coefficient (Wildman–Crippen LogP) is 5.58. The molecule has 1 aliphatic rings. The highest BCUT2D eigenvalue weighted by Crippen LogP contribution is 2.37. The van der Waals surface area contributed by atoms with E-state index in [9.17, 15) is 23.1 Å². The normalized spacial score (nSPS) is 18.1. The number of alkyl halides is 3. The number of carbonyl (C=O) groups is 1. The summed E-state index contributed by atoms with van der Waals surface area (Å²) in [5.41, 5.74) is 7.13. The number of fused-ring (bicyclic) bond motifs is 1. The van der Waals surface area contributed by atoms with Crippen molar-refractivity contribution in [3.8, 4) is 17.2 Å². The van der Waals surface area contributed by atoms with Crippen LogP contribution < -0.4 is 21.1 Å². The number of hydrogen-bond donors (Lipinski definition) is 4. The molecule has 2 aromatic heterocycles. The summed E-state index contributed by atoms with van der Waals surface area (Å²) in [6.07, 6.45) is -1.55. The van der Waals surface area contributed by atoms with E-state index in [0.29, 0.717) is 10.9 Å². The van der Waals surface area contributed by atoms with Crippen LogP contribution in [-0.4, -0.2) is 40.2 Å². The van der Waals surface area contributed by atoms with Crippen LogP contribution in [0.25, 0.3) is 22.4 Å². The molecule has 42 heavy (non-hydrogen) atoms. The third-order valence-electron chi connectivity index (χ3n) is 7.29. The summed E-state index contributed by atoms with van der Waals surface area (Å²) in [5, 5.41) is 16.4. The number of anilines is 1. The molecular formula is C30H32F3N5O4. The quantitative estimate of drug-likeness (QED) is 0.211. The second-order valence-corrected chi connectivity index (χ2v) is 10.5. The Kier molecular flexibility index (Phi) is 8.37. The zero-order chi connectivity index (χ0) is 30.0. The highest BCUT2D eigenvalue weighted by molar-refractivity contribution is 5.98. The molecule has 0 saturated heterocycles. The maximum Gasteiger partial charge on any atom is 0.433 e. The molecule has 5 N–H and O–H groups in total. The van der Waals surface area contributed by atoms with Gasteiger partial charge in [-0.05, 0) is 74.6 Å². The number of benzene rings is 2. The number of aromatic nitrogens is 2. The van der Waals surface area contributed by atoms with Crippen molar-refractivity contribution in [3.63, 3.8) is 0 Å². The minimum absolute atomic E-state index is 0.0149. The summed E-state index contributed by atoms with van der Waals surface area (Å²) < 4.78 is 51.2. The molecule has 0 spiro atoms. The zero-order valence-corrected chi connectivity index (χ0v) is 23.2. The van der Waals surface area contributed by atoms with Crippen LogP contribution >= 0.6 is 0 Å². The molecule has 1 fully saturated rings. The fourth-order valence-corrected chi connectivity index (χ4v) is 5.11. The van der Waals surface area contributed by atoms with E-state index in [-0.39, 0.29) is 47.3 Å². The van der Waals surface area contributed by atoms with E-state index in [1.165, 1.54) is 19.2 Å². The van der Waals surface area contributed by atoms with Crippen molar-refractivity contribution in [3.05, 3.63) is 71.2 Å². The predicted molar refractivity (Wildman–Crippen MR) is 151 cm³/mol. The molecule has 0 aliphatic heterocycles. The van der Waals surface area contributed by atoms with Crippen LogP contribution in [0.2, 0.25) is 0 Å². The summed E-state index contributed by atoms with van der Waals surface area (Å²) in [5.74, 6) is -0.200. The van der Waals surface area contributed by atoms with Gasteiger partial charge in [0.1, 0.15) is 17.0 Å². The van der Waals surface area contributed by atoms with Crippen LogP contribution in [0.15, 0.2) is 52.9 Å². The first-order chi connectivity index (χ1) is 20.0. The summed E-state index contributed by atoms with van der Waals surface area (Å²) in [6, 6.07) is 12.5. The van der Waals surface area contributed by atoms with Crippen molar-refractivity contribution in [2.24, 2.45) is 5.73 Å². The van der Waals surface area contributed by atoms with Gasteiger partial charge in [-0.3, -0.25) is 4.79 Å². The third-order valence-corrected chi connectivity index (χ3v) is 7.29. The Morgan fingerprint density at radius 2 is 1.90 bits per heavy atom. The minimum atomic E-state index is -4.64. The number of nitrogens with zero attached hydrogens (tertiary/aromatic N) is 2. The molecule has 1 saturated carbocycles. The lowest BCUT2D eigenvalue weighted by atomic mass is 9.93. The highest BCUT2D eigenvalue weighted by Gasteiger charge is 2.33. The summed E-state index contributed by atoms with van der Waals surface area (Å²) >= 11 is 0. The van der Waals surface area contributed by atoms with Gasteiger partial charge in [0.05, 0.1) is 19.3 Å². The molecule has 0 bridgehead atoms. The van der Waals surface area contributed by atoms with Gasteiger partial charge in [-0.15, -0.1) is 0 Å². The first-order valence-electron chi connectivity index (χ1n) is 13.7. The van der Waals surface area contributed by atoms with E-state index < -0.39 is 23.8 Å². The van der Waals surface area contributed by atoms with Crippen molar-refractivity contribution < 1.29 is 32.2 Å². The number of pyridine rings is 1. The number of methoxy groups -OCH3 is 1. The standard InChI is InChI=1S/C30H32F3N5O4/c1-16(34)27-26(28(40)35-15-17-4-3-5-19(14-17)36-18-6-8-20(39)9-7-18)38-29(42-27)22-10-12-23(41-2)25-21(22)11-13-24(37-25)30(31,32)33/h3-5,10-14,16,18,20,36,39H,6-9,15,34H2,1-2H3,(H,35,40)/t16-,18?,20?/m0/s1. The Morgan fingerprint density at radius 3 is 2.60 bits per heavy atom. The van der Waals surface area contributed by atoms with Crippen LogP contribution in [0.4, 0.5) is 18.9 Å². The molecule has 5 rings (SSSR count). The molecule has 1 amide bonds. The highest BCUT2D eigenvalue weighted by atomic mass is 19.4. The van der Waals surface area contributed by atoms with Crippen molar-refractivity contribution in [2.75, 3.05) is 12.4 Å². The van der Waals surface area contributed by atoms with Crippen LogP contribution in [0, 0.1) is 0 Å². The Hall–Kier alpha value is -4.16. The largest absolute Gasteiger partial charge is 0.494 e. The Bertz CT molecular complexity index is 1580. The van der Waals surface area contributed by atoms with E-state index in [1.54, 1.807) is 13.0 Å². The maximum absolute atomic E-state index is 13.3. The van der Waals surface area contributed by atoms with E-state index in [1.807, 2.05) is 24.3 Å². The van der Waals surface area contributed by atoms with Crippen LogP contribution in [-0.2, 0) is 12.7 Å². The number of aliphatic hydroxyl groups excluding tert-OH is 1. The molecule has 222 valence electrons. The van der Waals surface area contributed by atoms with Gasteiger partial charge in [0.25, 0.3) is 5.91 Å². The number of carbonyl (C=O) groups excluding carboxylic acids is 1. The number of aliphatic hydroxyl groups is 1. The molecule has 9 nitrogen and oxygen atoms in total. The fraction of sp³-hybridized carbons (Fsp3) is 0.367. The monoisotopic (exact) mass is 583 g/mol. The maximum atomic E-state index is 13.3. The summed E-state index contributed by atoms with van der Waals surface area (Å²) in [4.78, 5) is 21.4. The van der Waals surface area contributed by atoms with Gasteiger partial charge in [-0.25, -0.2) is 9.97 Å². The van der Waals surface area contributed by atoms with Gasteiger partial charge in [0, 0.05) is 29.2 Å². The minimum Gasteiger partial charge on any atom is -0.494 e. The molecule has 2 aromatic carbocycles. The van der Waals surface area contributed by atoms with E-state index in [2.05, 4.69) is 20.6 Å². The van der Waals surface area contributed by atoms with Gasteiger partial charge in [0.15, 0.2) is 11.5 Å². The number of oxazole rings is 1. The SMILES string of the molecule is COc1ccc(-c2nc(C(=O)NCc3cccc(NC4CCC(O)CC4)c3)c([C@H](C)N)o2)c2ccc(C(F)(F)F)nc12. The number of hydrogen-bond acceptors (Lipinski definition) is 8. The Morgan fingerprint density at radius 1 is 1.14 bits per heavy atom. The number of ether oxygens (including phenoxy) is 1. The first-order valence-corrected chi connectivity index (χ1v) is 13.7. The smallest absolute Gasteiger partial charge is 0.433 e. The van der Waals surface area contributed by atoms with E-state index in [0.717, 1.165) is 43.0 Å². The second-order valence-electron chi connectivity index (χ2n) is 10.5. The van der Waals surface area contributed by atoms with Crippen LogP contribution in [0.1, 0.15) is 66.2 Å². The van der Waals surface area contributed by atoms with Crippen molar-refractivity contribution in [1.82, 2.24) is 15.3 Å². The molecule has 12 heteroatoms. The van der Waals surface area contributed by atoms with Crippen molar-refractivity contribution in [1.29, 1.82) is 0 Å². The third kappa shape index (κ3) is 6.34. The van der Waals surface area contributed by atoms with Gasteiger partial charge >= 0.3 is 6.18 Å². The average molecular weight is 584 g/mol. The van der Waals surface area contributed by atoms with Crippen molar-refractivity contribution in [2.45, 2.75) is 63.5 Å². The zero-order valence-electron chi connectivity index (χ0n) is 23.2. The van der Waals surface area contributed by atoms with Crippen LogP contribution in [0.3, 0.4) is 0 Å². The van der Waals surface area contributed by atoms with Gasteiger partial charge in [0.2, 0.25) is 5.89 Å². The summed E-state index contributed by atoms with van der Waals surface area (Å²) in [6.45, 7) is 1.86. The second kappa shape index (κ2) is 12.0. The number of amides is 1. The van der Waals surface area contributed by atoms with Crippen LogP contribution in [0.5, 0.6) is 5.75 Å². The molecule has 1 aliphatic carbocycles. The first kappa shape index (κ1) is 29.3. The molecule has 1 atom stereocenters. The van der Waals surface area contributed by atoms with Gasteiger partial charge in [-0.1, -0.05) is 12.1 Å². The molecule has 0 radical (unpaired) electrons. The lowest BCUT2D eigenvalue weighted by Gasteiger charge is -2.27. The van der Waals surface area contributed by atoms with E-state index in [4.69, 9.17) is 14.9 Å². The number of nitrogens with one attached hydrogen (secondary N) is 2. The summed E-state index contributed by atoms with van der Waals surface area (Å²) in [7, 11) is 1.34. The molecular weight excluding hydrogens is 551 g/mol. The lowest BCUT2D eigenvalue weighted by Crippen LogP contribution is -2.28. The Labute approximate surface area is 240 Å². The molecule has 0 unspecified atom stereocenters.